The summed E-state index contributed by atoms with van der Waals surface area (Å²) in [5.74, 6) is 0.793. The lowest BCUT2D eigenvalue weighted by Crippen LogP contribution is -2.16. The van der Waals surface area contributed by atoms with Crippen molar-refractivity contribution in [3.8, 4) is 0 Å². The third-order valence-electron chi connectivity index (χ3n) is 1.99. The fourth-order valence-corrected chi connectivity index (χ4v) is 1.48. The van der Waals surface area contributed by atoms with E-state index in [0.29, 0.717) is 18.1 Å². The molecule has 0 aromatic carbocycles. The van der Waals surface area contributed by atoms with E-state index in [9.17, 15) is 4.79 Å². The average molecular weight is 231 g/mol. The lowest BCUT2D eigenvalue weighted by Gasteiger charge is -2.14. The van der Waals surface area contributed by atoms with Gasteiger partial charge >= 0.3 is 0 Å². The van der Waals surface area contributed by atoms with Gasteiger partial charge in [0.25, 0.3) is 5.56 Å². The summed E-state index contributed by atoms with van der Waals surface area (Å²) in [6.45, 7) is 4.48. The average Bonchev–Trinajstić information content (AvgIpc) is 2.24. The number of aromatic nitrogens is 2. The van der Waals surface area contributed by atoms with Gasteiger partial charge in [-0.15, -0.1) is 11.6 Å². The highest BCUT2D eigenvalue weighted by Gasteiger charge is 2.12. The normalized spacial score (nSPS) is 12.7. The molecule has 0 aliphatic rings. The number of aromatic amines is 1. The van der Waals surface area contributed by atoms with Crippen LogP contribution in [0.1, 0.15) is 37.9 Å². The second kappa shape index (κ2) is 5.88. The van der Waals surface area contributed by atoms with E-state index in [1.165, 1.54) is 6.07 Å². The molecule has 1 aromatic heterocycles. The van der Waals surface area contributed by atoms with Gasteiger partial charge in [0.1, 0.15) is 11.9 Å². The largest absolute Gasteiger partial charge is 0.371 e. The number of ether oxygens (including phenoxy) is 1. The van der Waals surface area contributed by atoms with Crippen LogP contribution in [-0.4, -0.2) is 16.6 Å². The Hall–Kier alpha value is -0.870. The molecule has 1 atom stereocenters. The molecule has 0 spiro atoms. The Morgan fingerprint density at radius 2 is 2.33 bits per heavy atom. The summed E-state index contributed by atoms with van der Waals surface area (Å²) in [4.78, 5) is 18.2. The predicted octanol–water partition coefficient (Wildman–Crippen LogP) is 2.00. The SMILES string of the molecule is CCOC(CC)c1nc(CCl)cc(=O)[nH]1. The third-order valence-corrected chi connectivity index (χ3v) is 2.27. The van der Waals surface area contributed by atoms with Crippen molar-refractivity contribution in [1.29, 1.82) is 0 Å². The van der Waals surface area contributed by atoms with Crippen LogP contribution < -0.4 is 5.56 Å². The molecule has 4 nitrogen and oxygen atoms in total. The Labute approximate surface area is 93.6 Å². The highest BCUT2D eigenvalue weighted by atomic mass is 35.5. The van der Waals surface area contributed by atoms with Gasteiger partial charge < -0.3 is 9.72 Å². The fraction of sp³-hybridized carbons (Fsp3) is 0.600. The number of hydrogen-bond acceptors (Lipinski definition) is 3. The number of halogens is 1. The maximum atomic E-state index is 11.3. The first-order valence-corrected chi connectivity index (χ1v) is 5.52. The molecule has 84 valence electrons. The van der Waals surface area contributed by atoms with E-state index in [0.717, 1.165) is 6.42 Å². The molecule has 1 heterocycles. The molecule has 0 aliphatic carbocycles. The van der Waals surface area contributed by atoms with E-state index < -0.39 is 0 Å². The van der Waals surface area contributed by atoms with E-state index >= 15 is 0 Å². The Morgan fingerprint density at radius 1 is 1.60 bits per heavy atom. The van der Waals surface area contributed by atoms with Crippen molar-refractivity contribution >= 4 is 11.6 Å². The first-order valence-electron chi connectivity index (χ1n) is 4.99. The molecule has 0 radical (unpaired) electrons. The van der Waals surface area contributed by atoms with Gasteiger partial charge in [-0.05, 0) is 13.3 Å². The number of H-pyrrole nitrogens is 1. The minimum absolute atomic E-state index is 0.161. The maximum Gasteiger partial charge on any atom is 0.251 e. The topological polar surface area (TPSA) is 55.0 Å². The second-order valence-corrected chi connectivity index (χ2v) is 3.38. The first kappa shape index (κ1) is 12.2. The van der Waals surface area contributed by atoms with Gasteiger partial charge in [-0.1, -0.05) is 6.92 Å². The zero-order chi connectivity index (χ0) is 11.3. The molecule has 0 aliphatic heterocycles. The van der Waals surface area contributed by atoms with Gasteiger partial charge in [0.2, 0.25) is 0 Å². The van der Waals surface area contributed by atoms with E-state index in [2.05, 4.69) is 9.97 Å². The van der Waals surface area contributed by atoms with Crippen LogP contribution in [-0.2, 0) is 10.6 Å². The second-order valence-electron chi connectivity index (χ2n) is 3.11. The van der Waals surface area contributed by atoms with Gasteiger partial charge in [-0.2, -0.15) is 0 Å². The number of nitrogens with one attached hydrogen (secondary N) is 1. The fourth-order valence-electron chi connectivity index (χ4n) is 1.34. The standard InChI is InChI=1S/C10H15ClN2O2/c1-3-8(15-4-2)10-12-7(6-11)5-9(14)13-10/h5,8H,3-4,6H2,1-2H3,(H,12,13,14). The van der Waals surface area contributed by atoms with Gasteiger partial charge in [-0.25, -0.2) is 4.98 Å². The Morgan fingerprint density at radius 3 is 2.87 bits per heavy atom. The van der Waals surface area contributed by atoms with Crippen LogP contribution in [0.25, 0.3) is 0 Å². The molecule has 1 aromatic rings. The van der Waals surface area contributed by atoms with Crippen LogP contribution in [0.4, 0.5) is 0 Å². The van der Waals surface area contributed by atoms with Crippen molar-refractivity contribution in [2.45, 2.75) is 32.3 Å². The van der Waals surface area contributed by atoms with Crippen LogP contribution in [0.2, 0.25) is 0 Å². The van der Waals surface area contributed by atoms with E-state index in [-0.39, 0.29) is 17.5 Å². The summed E-state index contributed by atoms with van der Waals surface area (Å²) in [5, 5.41) is 0. The predicted molar refractivity (Wildman–Crippen MR) is 59.1 cm³/mol. The van der Waals surface area contributed by atoms with Gasteiger partial charge in [0.15, 0.2) is 0 Å². The van der Waals surface area contributed by atoms with E-state index in [1.807, 2.05) is 13.8 Å². The molecular weight excluding hydrogens is 216 g/mol. The smallest absolute Gasteiger partial charge is 0.251 e. The van der Waals surface area contributed by atoms with Crippen molar-refractivity contribution in [3.05, 3.63) is 27.9 Å². The molecule has 0 fully saturated rings. The lowest BCUT2D eigenvalue weighted by atomic mass is 10.2. The van der Waals surface area contributed by atoms with Crippen molar-refractivity contribution in [1.82, 2.24) is 9.97 Å². The summed E-state index contributed by atoms with van der Waals surface area (Å²) in [5.41, 5.74) is 0.391. The summed E-state index contributed by atoms with van der Waals surface area (Å²) >= 11 is 5.64. The molecule has 1 unspecified atom stereocenters. The van der Waals surface area contributed by atoms with E-state index in [4.69, 9.17) is 16.3 Å². The molecular formula is C10H15ClN2O2. The molecule has 0 saturated heterocycles. The monoisotopic (exact) mass is 230 g/mol. The number of rotatable bonds is 5. The molecule has 5 heteroatoms. The number of nitrogens with zero attached hydrogens (tertiary/aromatic N) is 1. The van der Waals surface area contributed by atoms with Gasteiger partial charge in [-0.3, -0.25) is 4.79 Å². The summed E-state index contributed by atoms with van der Waals surface area (Å²) in [6.07, 6.45) is 0.605. The third kappa shape index (κ3) is 3.32. The Balaban J connectivity index is 3.00. The van der Waals surface area contributed by atoms with Crippen LogP contribution in [0.15, 0.2) is 10.9 Å². The van der Waals surface area contributed by atoms with Crippen LogP contribution in [0.5, 0.6) is 0 Å². The molecule has 15 heavy (non-hydrogen) atoms. The lowest BCUT2D eigenvalue weighted by molar-refractivity contribution is 0.0532. The molecule has 1 N–H and O–H groups in total. The quantitative estimate of drug-likeness (QED) is 0.788. The molecule has 0 saturated carbocycles. The Bertz CT molecular complexity index is 365. The molecule has 0 bridgehead atoms. The number of alkyl halides is 1. The van der Waals surface area contributed by atoms with Gasteiger partial charge in [0, 0.05) is 12.7 Å². The summed E-state index contributed by atoms with van der Waals surface area (Å²) < 4.78 is 5.46. The first-order chi connectivity index (χ1) is 7.21. The van der Waals surface area contributed by atoms with Crippen molar-refractivity contribution in [2.24, 2.45) is 0 Å². The highest BCUT2D eigenvalue weighted by Crippen LogP contribution is 2.16. The van der Waals surface area contributed by atoms with Crippen LogP contribution >= 0.6 is 11.6 Å². The zero-order valence-corrected chi connectivity index (χ0v) is 9.67. The minimum atomic E-state index is -0.186. The van der Waals surface area contributed by atoms with Gasteiger partial charge in [0.05, 0.1) is 11.6 Å². The molecule has 1 rings (SSSR count). The van der Waals surface area contributed by atoms with Crippen molar-refractivity contribution in [3.63, 3.8) is 0 Å². The van der Waals surface area contributed by atoms with Crippen molar-refractivity contribution < 1.29 is 4.74 Å². The van der Waals surface area contributed by atoms with Crippen molar-refractivity contribution in [2.75, 3.05) is 6.61 Å². The van der Waals surface area contributed by atoms with Crippen LogP contribution in [0.3, 0.4) is 0 Å². The highest BCUT2D eigenvalue weighted by molar-refractivity contribution is 6.16. The maximum absolute atomic E-state index is 11.3. The summed E-state index contributed by atoms with van der Waals surface area (Å²) in [6, 6.07) is 1.40. The molecule has 0 amide bonds. The van der Waals surface area contributed by atoms with E-state index in [1.54, 1.807) is 0 Å². The number of hydrogen-bond donors (Lipinski definition) is 1. The Kier molecular flexibility index (Phi) is 4.78. The summed E-state index contributed by atoms with van der Waals surface area (Å²) in [7, 11) is 0. The minimum Gasteiger partial charge on any atom is -0.371 e. The van der Waals surface area contributed by atoms with Crippen LogP contribution in [0, 0.1) is 0 Å². The zero-order valence-electron chi connectivity index (χ0n) is 8.92.